The van der Waals surface area contributed by atoms with E-state index in [1.807, 2.05) is 48.5 Å². The molecular formula is C18H18O4. The molecule has 3 rings (SSSR count). The standard InChI is InChI=1S/C18H18O4/c19-16-13-18(20,15-9-5-2-6-10-15)17(22-12-11-21-16)14-7-3-1-4-8-14/h1-10,17,20H,11-13H2. The van der Waals surface area contributed by atoms with Crippen LogP contribution in [0, 0.1) is 0 Å². The van der Waals surface area contributed by atoms with Crippen molar-refractivity contribution in [2.75, 3.05) is 13.2 Å². The van der Waals surface area contributed by atoms with Crippen molar-refractivity contribution in [1.29, 1.82) is 0 Å². The van der Waals surface area contributed by atoms with Gasteiger partial charge in [0.25, 0.3) is 0 Å². The largest absolute Gasteiger partial charge is 0.463 e. The molecule has 1 saturated heterocycles. The third kappa shape index (κ3) is 2.89. The molecule has 0 aromatic heterocycles. The molecular weight excluding hydrogens is 280 g/mol. The number of rotatable bonds is 2. The number of ether oxygens (including phenoxy) is 2. The number of cyclic esters (lactones) is 1. The predicted octanol–water partition coefficient (Wildman–Crippen LogP) is 2.58. The minimum atomic E-state index is -1.46. The van der Waals surface area contributed by atoms with Gasteiger partial charge in [-0.15, -0.1) is 0 Å². The Bertz CT molecular complexity index is 626. The van der Waals surface area contributed by atoms with Crippen LogP contribution in [0.1, 0.15) is 23.7 Å². The molecule has 1 heterocycles. The summed E-state index contributed by atoms with van der Waals surface area (Å²) < 4.78 is 10.9. The van der Waals surface area contributed by atoms with Crippen LogP contribution in [0.5, 0.6) is 0 Å². The van der Waals surface area contributed by atoms with E-state index in [1.54, 1.807) is 12.1 Å². The first-order valence-electron chi connectivity index (χ1n) is 7.30. The van der Waals surface area contributed by atoms with Crippen LogP contribution < -0.4 is 0 Å². The molecule has 2 atom stereocenters. The van der Waals surface area contributed by atoms with Crippen molar-refractivity contribution in [3.8, 4) is 0 Å². The van der Waals surface area contributed by atoms with Gasteiger partial charge in [0, 0.05) is 0 Å². The maximum atomic E-state index is 12.0. The van der Waals surface area contributed by atoms with Crippen LogP contribution in [0.3, 0.4) is 0 Å². The van der Waals surface area contributed by atoms with Gasteiger partial charge in [0.15, 0.2) is 0 Å². The first-order valence-corrected chi connectivity index (χ1v) is 7.30. The normalized spacial score (nSPS) is 25.9. The highest BCUT2D eigenvalue weighted by atomic mass is 16.6. The number of carbonyl (C=O) groups is 1. The van der Waals surface area contributed by atoms with Gasteiger partial charge in [-0.3, -0.25) is 4.79 Å². The van der Waals surface area contributed by atoms with Crippen LogP contribution in [0.4, 0.5) is 0 Å². The SMILES string of the molecule is O=C1CC(O)(c2ccccc2)C(c2ccccc2)OCCO1. The minimum absolute atomic E-state index is 0.142. The van der Waals surface area contributed by atoms with Crippen molar-refractivity contribution in [3.05, 3.63) is 71.8 Å². The van der Waals surface area contributed by atoms with Crippen LogP contribution in [0.2, 0.25) is 0 Å². The van der Waals surface area contributed by atoms with E-state index < -0.39 is 17.7 Å². The summed E-state index contributed by atoms with van der Waals surface area (Å²) in [6, 6.07) is 18.6. The summed E-state index contributed by atoms with van der Waals surface area (Å²) in [6.07, 6.45) is -0.764. The Kier molecular flexibility index (Phi) is 4.22. The fourth-order valence-electron chi connectivity index (χ4n) is 2.80. The molecule has 1 aliphatic heterocycles. The van der Waals surface area contributed by atoms with Gasteiger partial charge < -0.3 is 14.6 Å². The monoisotopic (exact) mass is 298 g/mol. The first kappa shape index (κ1) is 14.8. The highest BCUT2D eigenvalue weighted by Gasteiger charge is 2.43. The summed E-state index contributed by atoms with van der Waals surface area (Å²) in [6.45, 7) is 0.452. The Labute approximate surface area is 129 Å². The van der Waals surface area contributed by atoms with Crippen LogP contribution in [0.25, 0.3) is 0 Å². The fourth-order valence-corrected chi connectivity index (χ4v) is 2.80. The fraction of sp³-hybridized carbons (Fsp3) is 0.278. The lowest BCUT2D eigenvalue weighted by Gasteiger charge is -2.37. The lowest BCUT2D eigenvalue weighted by atomic mass is 9.81. The predicted molar refractivity (Wildman–Crippen MR) is 81.0 cm³/mol. The molecule has 1 fully saturated rings. The van der Waals surface area contributed by atoms with Gasteiger partial charge in [0.05, 0.1) is 13.0 Å². The van der Waals surface area contributed by atoms with E-state index in [0.29, 0.717) is 5.56 Å². The molecule has 0 aliphatic carbocycles. The number of hydrogen-bond donors (Lipinski definition) is 1. The average Bonchev–Trinajstić information content (AvgIpc) is 2.54. The number of carbonyl (C=O) groups excluding carboxylic acids is 1. The van der Waals surface area contributed by atoms with Crippen LogP contribution in [-0.4, -0.2) is 24.3 Å². The Morgan fingerprint density at radius 1 is 0.955 bits per heavy atom. The third-order valence-corrected chi connectivity index (χ3v) is 3.85. The van der Waals surface area contributed by atoms with E-state index in [1.165, 1.54) is 0 Å². The maximum absolute atomic E-state index is 12.0. The molecule has 4 nitrogen and oxygen atoms in total. The van der Waals surface area contributed by atoms with Gasteiger partial charge in [-0.05, 0) is 11.1 Å². The summed E-state index contributed by atoms with van der Waals surface area (Å²) in [5.41, 5.74) is 0.0198. The van der Waals surface area contributed by atoms with Gasteiger partial charge >= 0.3 is 5.97 Å². The lowest BCUT2D eigenvalue weighted by molar-refractivity contribution is -0.178. The molecule has 1 N–H and O–H groups in total. The zero-order valence-electron chi connectivity index (χ0n) is 12.1. The second-order valence-corrected chi connectivity index (χ2v) is 5.35. The van der Waals surface area contributed by atoms with Crippen molar-refractivity contribution in [1.82, 2.24) is 0 Å². The first-order chi connectivity index (χ1) is 10.7. The molecule has 0 radical (unpaired) electrons. The zero-order valence-corrected chi connectivity index (χ0v) is 12.1. The minimum Gasteiger partial charge on any atom is -0.463 e. The van der Waals surface area contributed by atoms with Crippen molar-refractivity contribution in [2.24, 2.45) is 0 Å². The van der Waals surface area contributed by atoms with Gasteiger partial charge in [0.2, 0.25) is 0 Å². The average molecular weight is 298 g/mol. The van der Waals surface area contributed by atoms with Crippen molar-refractivity contribution in [3.63, 3.8) is 0 Å². The molecule has 0 amide bonds. The molecule has 4 heteroatoms. The highest BCUT2D eigenvalue weighted by Crippen LogP contribution is 2.41. The Hall–Kier alpha value is -2.17. The van der Waals surface area contributed by atoms with Crippen molar-refractivity contribution >= 4 is 5.97 Å². The Morgan fingerprint density at radius 3 is 2.27 bits per heavy atom. The van der Waals surface area contributed by atoms with E-state index in [2.05, 4.69) is 0 Å². The molecule has 0 bridgehead atoms. The summed E-state index contributed by atoms with van der Waals surface area (Å²) >= 11 is 0. The summed E-state index contributed by atoms with van der Waals surface area (Å²) in [5.74, 6) is -0.421. The summed E-state index contributed by atoms with van der Waals surface area (Å²) in [5, 5.41) is 11.3. The van der Waals surface area contributed by atoms with Gasteiger partial charge in [-0.25, -0.2) is 0 Å². The van der Waals surface area contributed by atoms with Crippen molar-refractivity contribution in [2.45, 2.75) is 18.1 Å². The molecule has 0 saturated carbocycles. The van der Waals surface area contributed by atoms with Crippen LogP contribution in [0.15, 0.2) is 60.7 Å². The highest BCUT2D eigenvalue weighted by molar-refractivity contribution is 5.71. The quantitative estimate of drug-likeness (QED) is 0.866. The van der Waals surface area contributed by atoms with Crippen molar-refractivity contribution < 1.29 is 19.4 Å². The summed E-state index contributed by atoms with van der Waals surface area (Å²) in [7, 11) is 0. The van der Waals surface area contributed by atoms with Crippen LogP contribution >= 0.6 is 0 Å². The third-order valence-electron chi connectivity index (χ3n) is 3.85. The van der Waals surface area contributed by atoms with Crippen LogP contribution in [-0.2, 0) is 19.9 Å². The van der Waals surface area contributed by atoms with Gasteiger partial charge in [-0.1, -0.05) is 60.7 Å². The van der Waals surface area contributed by atoms with E-state index in [4.69, 9.17) is 9.47 Å². The molecule has 0 spiro atoms. The number of hydrogen-bond acceptors (Lipinski definition) is 4. The lowest BCUT2D eigenvalue weighted by Crippen LogP contribution is -2.40. The topological polar surface area (TPSA) is 55.8 Å². The van der Waals surface area contributed by atoms with E-state index >= 15 is 0 Å². The van der Waals surface area contributed by atoms with Gasteiger partial charge in [-0.2, -0.15) is 0 Å². The van der Waals surface area contributed by atoms with E-state index in [9.17, 15) is 9.90 Å². The molecule has 114 valence electrons. The maximum Gasteiger partial charge on any atom is 0.309 e. The van der Waals surface area contributed by atoms with E-state index in [0.717, 1.165) is 5.56 Å². The second-order valence-electron chi connectivity index (χ2n) is 5.35. The Morgan fingerprint density at radius 2 is 1.59 bits per heavy atom. The molecule has 22 heavy (non-hydrogen) atoms. The molecule has 2 aromatic rings. The molecule has 2 aromatic carbocycles. The Balaban J connectivity index is 2.07. The second kappa shape index (κ2) is 6.30. The number of esters is 1. The van der Waals surface area contributed by atoms with E-state index in [-0.39, 0.29) is 19.6 Å². The summed E-state index contributed by atoms with van der Waals surface area (Å²) in [4.78, 5) is 12.0. The van der Waals surface area contributed by atoms with Gasteiger partial charge in [0.1, 0.15) is 18.3 Å². The zero-order chi connectivity index (χ0) is 15.4. The molecule has 1 aliphatic rings. The number of benzene rings is 2. The molecule has 2 unspecified atom stereocenters. The number of aliphatic hydroxyl groups is 1. The smallest absolute Gasteiger partial charge is 0.309 e.